The van der Waals surface area contributed by atoms with Crippen molar-refractivity contribution in [1.29, 1.82) is 0 Å². The van der Waals surface area contributed by atoms with E-state index in [-0.39, 0.29) is 17.5 Å². The smallest absolute Gasteiger partial charge is 0.283 e. The molecule has 0 radical (unpaired) electrons. The molecule has 8 heteroatoms. The lowest BCUT2D eigenvalue weighted by molar-refractivity contribution is 0.0910. The van der Waals surface area contributed by atoms with Gasteiger partial charge < -0.3 is 10.6 Å². The predicted octanol–water partition coefficient (Wildman–Crippen LogP) is 4.92. The SMILES string of the molecule is CCc1ccccc1Nc1nn2c(=O)c3ccc(C(=O)N[C@H]4CCCC[C@H]4C)cc3nc2s1. The molecular weight excluding hydrogens is 434 g/mol. The number of nitrogens with zero attached hydrogens (tertiary/aromatic N) is 3. The van der Waals surface area contributed by atoms with E-state index in [1.165, 1.54) is 27.8 Å². The Balaban J connectivity index is 1.46. The fourth-order valence-electron chi connectivity index (χ4n) is 4.55. The third-order valence-corrected chi connectivity index (χ3v) is 7.35. The fraction of sp³-hybridized carbons (Fsp3) is 0.360. The third-order valence-electron chi connectivity index (χ3n) is 6.53. The van der Waals surface area contributed by atoms with Gasteiger partial charge in [0.2, 0.25) is 10.1 Å². The molecular formula is C25H27N5O2S. The summed E-state index contributed by atoms with van der Waals surface area (Å²) in [6.07, 6.45) is 5.42. The Bertz CT molecular complexity index is 1390. The first-order valence-electron chi connectivity index (χ1n) is 11.5. The molecule has 2 atom stereocenters. The van der Waals surface area contributed by atoms with Gasteiger partial charge in [0.25, 0.3) is 11.5 Å². The number of carbonyl (C=O) groups is 1. The number of fused-ring (bicyclic) bond motifs is 2. The maximum absolute atomic E-state index is 13.1. The van der Waals surface area contributed by atoms with Crippen LogP contribution in [0.25, 0.3) is 15.9 Å². The summed E-state index contributed by atoms with van der Waals surface area (Å²) in [7, 11) is 0. The minimum absolute atomic E-state index is 0.111. The summed E-state index contributed by atoms with van der Waals surface area (Å²) in [6, 6.07) is 13.3. The lowest BCUT2D eigenvalue weighted by atomic mass is 9.86. The molecule has 7 nitrogen and oxygen atoms in total. The number of amides is 1. The zero-order valence-electron chi connectivity index (χ0n) is 18.8. The molecule has 2 aromatic heterocycles. The van der Waals surface area contributed by atoms with E-state index in [0.29, 0.717) is 32.5 Å². The van der Waals surface area contributed by atoms with Crippen LogP contribution in [0.15, 0.2) is 47.3 Å². The Hall–Kier alpha value is -3.26. The predicted molar refractivity (Wildman–Crippen MR) is 133 cm³/mol. The van der Waals surface area contributed by atoms with Gasteiger partial charge in [-0.05, 0) is 55.0 Å². The minimum atomic E-state index is -0.240. The second-order valence-electron chi connectivity index (χ2n) is 8.73. The van der Waals surface area contributed by atoms with Gasteiger partial charge >= 0.3 is 0 Å². The molecule has 2 N–H and O–H groups in total. The molecule has 1 aliphatic carbocycles. The van der Waals surface area contributed by atoms with Gasteiger partial charge in [-0.3, -0.25) is 9.59 Å². The summed E-state index contributed by atoms with van der Waals surface area (Å²) in [5.74, 6) is 0.368. The van der Waals surface area contributed by atoms with Crippen LogP contribution in [-0.2, 0) is 6.42 Å². The maximum Gasteiger partial charge on any atom is 0.283 e. The highest BCUT2D eigenvalue weighted by atomic mass is 32.1. The molecule has 1 fully saturated rings. The molecule has 170 valence electrons. The molecule has 0 aliphatic heterocycles. The average Bonchev–Trinajstić information content (AvgIpc) is 3.23. The van der Waals surface area contributed by atoms with Gasteiger partial charge in [0.1, 0.15) is 0 Å². The quantitative estimate of drug-likeness (QED) is 0.440. The van der Waals surface area contributed by atoms with Crippen LogP contribution in [0.3, 0.4) is 0 Å². The highest BCUT2D eigenvalue weighted by molar-refractivity contribution is 7.20. The summed E-state index contributed by atoms with van der Waals surface area (Å²) in [5.41, 5.74) is 2.93. The van der Waals surface area contributed by atoms with E-state index in [1.54, 1.807) is 18.2 Å². The number of hydrogen-bond donors (Lipinski definition) is 2. The van der Waals surface area contributed by atoms with Crippen LogP contribution in [0.1, 0.15) is 55.5 Å². The van der Waals surface area contributed by atoms with Crippen LogP contribution in [0.4, 0.5) is 10.8 Å². The summed E-state index contributed by atoms with van der Waals surface area (Å²) < 4.78 is 1.33. The van der Waals surface area contributed by atoms with Crippen molar-refractivity contribution in [1.82, 2.24) is 19.9 Å². The van der Waals surface area contributed by atoms with Gasteiger partial charge in [0, 0.05) is 17.3 Å². The first-order valence-corrected chi connectivity index (χ1v) is 12.3. The molecule has 5 rings (SSSR count). The molecule has 1 aliphatic rings. The second kappa shape index (κ2) is 8.94. The molecule has 0 saturated heterocycles. The topological polar surface area (TPSA) is 88.4 Å². The number of hydrogen-bond acceptors (Lipinski definition) is 6. The lowest BCUT2D eigenvalue weighted by Gasteiger charge is -2.29. The fourth-order valence-corrected chi connectivity index (χ4v) is 5.36. The number of rotatable bonds is 5. The van der Waals surface area contributed by atoms with Crippen molar-refractivity contribution in [3.05, 3.63) is 63.9 Å². The summed E-state index contributed by atoms with van der Waals surface area (Å²) >= 11 is 1.31. The van der Waals surface area contributed by atoms with E-state index in [9.17, 15) is 9.59 Å². The van der Waals surface area contributed by atoms with Crippen LogP contribution in [0.5, 0.6) is 0 Å². The Morgan fingerprint density at radius 1 is 1.18 bits per heavy atom. The number of nitrogens with one attached hydrogen (secondary N) is 2. The normalized spacial score (nSPS) is 18.5. The van der Waals surface area contributed by atoms with E-state index in [0.717, 1.165) is 31.4 Å². The summed E-state index contributed by atoms with van der Waals surface area (Å²) in [4.78, 5) is 31.1. The molecule has 33 heavy (non-hydrogen) atoms. The van der Waals surface area contributed by atoms with Crippen molar-refractivity contribution in [3.63, 3.8) is 0 Å². The molecule has 0 unspecified atom stereocenters. The van der Waals surface area contributed by atoms with Crippen LogP contribution >= 0.6 is 11.3 Å². The van der Waals surface area contributed by atoms with Crippen LogP contribution in [0, 0.1) is 5.92 Å². The molecule has 0 bridgehead atoms. The second-order valence-corrected chi connectivity index (χ2v) is 9.68. The van der Waals surface area contributed by atoms with Gasteiger partial charge in [-0.15, -0.1) is 5.10 Å². The lowest BCUT2D eigenvalue weighted by Crippen LogP contribution is -2.41. The number of carbonyl (C=O) groups excluding carboxylic acids is 1. The monoisotopic (exact) mass is 461 g/mol. The first kappa shape index (κ1) is 21.6. The minimum Gasteiger partial charge on any atom is -0.349 e. The summed E-state index contributed by atoms with van der Waals surface area (Å²) in [5, 5.41) is 12.0. The summed E-state index contributed by atoms with van der Waals surface area (Å²) in [6.45, 7) is 4.29. The number of aromatic nitrogens is 3. The number of para-hydroxylation sites is 1. The maximum atomic E-state index is 13.1. The van der Waals surface area contributed by atoms with Gasteiger partial charge in [0.15, 0.2) is 0 Å². The number of benzene rings is 2. The van der Waals surface area contributed by atoms with E-state index >= 15 is 0 Å². The van der Waals surface area contributed by atoms with E-state index in [2.05, 4.69) is 40.6 Å². The first-order chi connectivity index (χ1) is 16.0. The van der Waals surface area contributed by atoms with Crippen molar-refractivity contribution in [2.45, 2.75) is 52.0 Å². The molecule has 2 aromatic carbocycles. The van der Waals surface area contributed by atoms with E-state index < -0.39 is 0 Å². The standard InChI is InChI=1S/C25H27N5O2S/c1-3-16-9-5-7-11-20(16)27-24-29-30-23(32)18-13-12-17(14-21(18)28-25(30)33-24)22(31)26-19-10-6-4-8-15(19)2/h5,7,9,11-15,19H,3-4,6,8,10H2,1-2H3,(H,26,31)(H,27,29)/t15-,19+/m1/s1. The van der Waals surface area contributed by atoms with Crippen LogP contribution in [0.2, 0.25) is 0 Å². The van der Waals surface area contributed by atoms with Gasteiger partial charge in [0.05, 0.1) is 10.9 Å². The van der Waals surface area contributed by atoms with Gasteiger partial charge in [-0.1, -0.05) is 56.2 Å². The highest BCUT2D eigenvalue weighted by Crippen LogP contribution is 2.26. The Kier molecular flexibility index (Phi) is 5.85. The molecule has 4 aromatic rings. The number of anilines is 2. The van der Waals surface area contributed by atoms with Gasteiger partial charge in [-0.25, -0.2) is 4.98 Å². The van der Waals surface area contributed by atoms with Crippen molar-refractivity contribution in [2.24, 2.45) is 5.92 Å². The van der Waals surface area contributed by atoms with Crippen molar-refractivity contribution < 1.29 is 4.79 Å². The molecule has 1 saturated carbocycles. The highest BCUT2D eigenvalue weighted by Gasteiger charge is 2.23. The molecule has 0 spiro atoms. The zero-order valence-corrected chi connectivity index (χ0v) is 19.6. The van der Waals surface area contributed by atoms with Gasteiger partial charge in [-0.2, -0.15) is 4.52 Å². The van der Waals surface area contributed by atoms with Crippen molar-refractivity contribution in [2.75, 3.05) is 5.32 Å². The van der Waals surface area contributed by atoms with E-state index in [1.807, 2.05) is 18.2 Å². The van der Waals surface area contributed by atoms with Crippen molar-refractivity contribution in [3.8, 4) is 0 Å². The third kappa shape index (κ3) is 4.23. The Labute approximate surface area is 195 Å². The molecule has 1 amide bonds. The zero-order chi connectivity index (χ0) is 22.9. The average molecular weight is 462 g/mol. The Morgan fingerprint density at radius 3 is 2.82 bits per heavy atom. The van der Waals surface area contributed by atoms with Crippen LogP contribution in [-0.4, -0.2) is 26.5 Å². The van der Waals surface area contributed by atoms with Crippen molar-refractivity contribution >= 4 is 43.9 Å². The Morgan fingerprint density at radius 2 is 2.00 bits per heavy atom. The molecule has 2 heterocycles. The van der Waals surface area contributed by atoms with Crippen LogP contribution < -0.4 is 16.2 Å². The number of aryl methyl sites for hydroxylation is 1. The largest absolute Gasteiger partial charge is 0.349 e. The van der Waals surface area contributed by atoms with E-state index in [4.69, 9.17) is 0 Å².